The van der Waals surface area contributed by atoms with Crippen molar-refractivity contribution >= 4 is 22.3 Å². The first-order chi connectivity index (χ1) is 11.5. The first-order valence-corrected chi connectivity index (χ1v) is 8.91. The van der Waals surface area contributed by atoms with Crippen LogP contribution in [-0.4, -0.2) is 27.3 Å². The molecule has 0 radical (unpaired) electrons. The first kappa shape index (κ1) is 17.7. The summed E-state index contributed by atoms with van der Waals surface area (Å²) in [7, 11) is -4.02. The van der Waals surface area contributed by atoms with E-state index in [0.717, 1.165) is 0 Å². The Balaban J connectivity index is 2.36. The standard InChI is InChI=1S/C17H18N2O4S/c1-2-11-18-17(21)19-24(22,23)16-6-4-3-5-15(16)14-9-7-13(12-20)8-10-14/h3-10,12H,2,11H2,1H3,(H2,18,19,21). The van der Waals surface area contributed by atoms with Crippen molar-refractivity contribution in [3.63, 3.8) is 0 Å². The van der Waals surface area contributed by atoms with E-state index in [-0.39, 0.29) is 4.90 Å². The van der Waals surface area contributed by atoms with Crippen molar-refractivity contribution < 1.29 is 18.0 Å². The highest BCUT2D eigenvalue weighted by Crippen LogP contribution is 2.27. The molecule has 0 saturated carbocycles. The fourth-order valence-electron chi connectivity index (χ4n) is 2.13. The van der Waals surface area contributed by atoms with Gasteiger partial charge in [-0.05, 0) is 18.1 Å². The van der Waals surface area contributed by atoms with Gasteiger partial charge in [0.1, 0.15) is 6.29 Å². The molecule has 0 atom stereocenters. The normalized spacial score (nSPS) is 10.9. The molecule has 2 aromatic rings. The summed E-state index contributed by atoms with van der Waals surface area (Å²) in [6, 6.07) is 12.1. The molecular formula is C17H18N2O4S. The van der Waals surface area contributed by atoms with Crippen LogP contribution in [0.1, 0.15) is 23.7 Å². The van der Waals surface area contributed by atoms with Crippen LogP contribution in [0.5, 0.6) is 0 Å². The summed E-state index contributed by atoms with van der Waals surface area (Å²) in [6.45, 7) is 2.25. The molecule has 0 aliphatic heterocycles. The molecular weight excluding hydrogens is 328 g/mol. The summed E-state index contributed by atoms with van der Waals surface area (Å²) in [4.78, 5) is 22.4. The van der Waals surface area contributed by atoms with Gasteiger partial charge >= 0.3 is 6.03 Å². The van der Waals surface area contributed by atoms with Gasteiger partial charge < -0.3 is 5.32 Å². The second-order valence-electron chi connectivity index (χ2n) is 5.10. The van der Waals surface area contributed by atoms with Gasteiger partial charge in [0.05, 0.1) is 4.90 Å². The van der Waals surface area contributed by atoms with Crippen LogP contribution < -0.4 is 10.0 Å². The van der Waals surface area contributed by atoms with Crippen molar-refractivity contribution in [1.82, 2.24) is 10.0 Å². The van der Waals surface area contributed by atoms with E-state index in [1.54, 1.807) is 42.5 Å². The lowest BCUT2D eigenvalue weighted by molar-refractivity contribution is 0.112. The number of rotatable bonds is 6. The molecule has 2 N–H and O–H groups in total. The molecule has 0 saturated heterocycles. The van der Waals surface area contributed by atoms with Gasteiger partial charge in [0.25, 0.3) is 10.0 Å². The van der Waals surface area contributed by atoms with E-state index in [0.29, 0.717) is 35.9 Å². The van der Waals surface area contributed by atoms with Crippen molar-refractivity contribution in [2.24, 2.45) is 0 Å². The Hall–Kier alpha value is -2.67. The van der Waals surface area contributed by atoms with Crippen LogP contribution in [0, 0.1) is 0 Å². The van der Waals surface area contributed by atoms with Crippen molar-refractivity contribution in [2.45, 2.75) is 18.2 Å². The van der Waals surface area contributed by atoms with Gasteiger partial charge in [-0.2, -0.15) is 0 Å². The van der Waals surface area contributed by atoms with Gasteiger partial charge in [-0.1, -0.05) is 49.4 Å². The molecule has 2 amide bonds. The van der Waals surface area contributed by atoms with Crippen molar-refractivity contribution in [2.75, 3.05) is 6.54 Å². The maximum atomic E-state index is 12.5. The number of sulfonamides is 1. The lowest BCUT2D eigenvalue weighted by atomic mass is 10.0. The highest BCUT2D eigenvalue weighted by atomic mass is 32.2. The molecule has 0 aromatic heterocycles. The largest absolute Gasteiger partial charge is 0.337 e. The molecule has 0 spiro atoms. The zero-order chi connectivity index (χ0) is 17.6. The fourth-order valence-corrected chi connectivity index (χ4v) is 3.29. The molecule has 0 aliphatic carbocycles. The van der Waals surface area contributed by atoms with Crippen molar-refractivity contribution in [3.8, 4) is 11.1 Å². The van der Waals surface area contributed by atoms with E-state index in [4.69, 9.17) is 0 Å². The molecule has 0 bridgehead atoms. The number of hydrogen-bond donors (Lipinski definition) is 2. The number of hydrogen-bond acceptors (Lipinski definition) is 4. The highest BCUT2D eigenvalue weighted by molar-refractivity contribution is 7.90. The van der Waals surface area contributed by atoms with Crippen molar-refractivity contribution in [3.05, 3.63) is 54.1 Å². The third-order valence-electron chi connectivity index (χ3n) is 3.30. The molecule has 0 heterocycles. The number of carbonyl (C=O) groups is 2. The average molecular weight is 346 g/mol. The minimum absolute atomic E-state index is 0.00417. The number of benzene rings is 2. The van der Waals surface area contributed by atoms with Gasteiger partial charge in [-0.3, -0.25) is 4.79 Å². The van der Waals surface area contributed by atoms with Gasteiger partial charge in [-0.25, -0.2) is 17.9 Å². The number of urea groups is 1. The summed E-state index contributed by atoms with van der Waals surface area (Å²) in [5.41, 5.74) is 1.58. The molecule has 6 nitrogen and oxygen atoms in total. The van der Waals surface area contributed by atoms with Gasteiger partial charge in [0.15, 0.2) is 0 Å². The van der Waals surface area contributed by atoms with Crippen molar-refractivity contribution in [1.29, 1.82) is 0 Å². The Bertz CT molecular complexity index is 830. The van der Waals surface area contributed by atoms with Gasteiger partial charge in [-0.15, -0.1) is 0 Å². The predicted molar refractivity (Wildman–Crippen MR) is 91.3 cm³/mol. The van der Waals surface area contributed by atoms with E-state index in [1.165, 1.54) is 6.07 Å². The fraction of sp³-hybridized carbons (Fsp3) is 0.176. The summed E-state index contributed by atoms with van der Waals surface area (Å²) < 4.78 is 27.0. The predicted octanol–water partition coefficient (Wildman–Crippen LogP) is 2.56. The average Bonchev–Trinajstić information content (AvgIpc) is 2.59. The van der Waals surface area contributed by atoms with Crippen LogP contribution in [0.3, 0.4) is 0 Å². The molecule has 24 heavy (non-hydrogen) atoms. The van der Waals surface area contributed by atoms with E-state index >= 15 is 0 Å². The summed E-state index contributed by atoms with van der Waals surface area (Å²) in [5, 5.41) is 2.46. The lowest BCUT2D eigenvalue weighted by Crippen LogP contribution is -2.39. The second-order valence-corrected chi connectivity index (χ2v) is 6.75. The zero-order valence-corrected chi connectivity index (χ0v) is 14.0. The third-order valence-corrected chi connectivity index (χ3v) is 4.69. The van der Waals surface area contributed by atoms with Gasteiger partial charge in [0.2, 0.25) is 0 Å². The molecule has 0 aliphatic rings. The Morgan fingerprint density at radius 3 is 2.38 bits per heavy atom. The lowest BCUT2D eigenvalue weighted by Gasteiger charge is -2.12. The van der Waals surface area contributed by atoms with E-state index < -0.39 is 16.1 Å². The SMILES string of the molecule is CCCNC(=O)NS(=O)(=O)c1ccccc1-c1ccc(C=O)cc1. The molecule has 0 unspecified atom stereocenters. The van der Waals surface area contributed by atoms with Crippen LogP contribution >= 0.6 is 0 Å². The van der Waals surface area contributed by atoms with Crippen LogP contribution in [0.15, 0.2) is 53.4 Å². The monoisotopic (exact) mass is 346 g/mol. The third kappa shape index (κ3) is 4.20. The molecule has 7 heteroatoms. The minimum atomic E-state index is -4.02. The second kappa shape index (κ2) is 7.74. The van der Waals surface area contributed by atoms with Crippen LogP contribution in [-0.2, 0) is 10.0 Å². The topological polar surface area (TPSA) is 92.3 Å². The molecule has 2 rings (SSSR count). The van der Waals surface area contributed by atoms with Gasteiger partial charge in [0, 0.05) is 17.7 Å². The van der Waals surface area contributed by atoms with Crippen LogP contribution in [0.25, 0.3) is 11.1 Å². The summed E-state index contributed by atoms with van der Waals surface area (Å²) in [5.74, 6) is 0. The quantitative estimate of drug-likeness (QED) is 0.786. The maximum absolute atomic E-state index is 12.5. The zero-order valence-electron chi connectivity index (χ0n) is 13.2. The van der Waals surface area contributed by atoms with Crippen LogP contribution in [0.2, 0.25) is 0 Å². The Morgan fingerprint density at radius 2 is 1.75 bits per heavy atom. The van der Waals surface area contributed by atoms with E-state index in [1.807, 2.05) is 11.6 Å². The molecule has 2 aromatic carbocycles. The number of carbonyl (C=O) groups excluding carboxylic acids is 2. The Morgan fingerprint density at radius 1 is 1.08 bits per heavy atom. The minimum Gasteiger partial charge on any atom is -0.337 e. The Labute approximate surface area is 140 Å². The number of nitrogens with one attached hydrogen (secondary N) is 2. The van der Waals surface area contributed by atoms with E-state index in [2.05, 4.69) is 5.32 Å². The van der Waals surface area contributed by atoms with Crippen LogP contribution in [0.4, 0.5) is 4.79 Å². The highest BCUT2D eigenvalue weighted by Gasteiger charge is 2.21. The number of aldehydes is 1. The smallest absolute Gasteiger partial charge is 0.328 e. The maximum Gasteiger partial charge on any atom is 0.328 e. The molecule has 0 fully saturated rings. The summed E-state index contributed by atoms with van der Waals surface area (Å²) >= 11 is 0. The first-order valence-electron chi connectivity index (χ1n) is 7.43. The van der Waals surface area contributed by atoms with E-state index in [9.17, 15) is 18.0 Å². The summed E-state index contributed by atoms with van der Waals surface area (Å²) in [6.07, 6.45) is 1.42. The Kier molecular flexibility index (Phi) is 5.70. The molecule has 126 valence electrons. The number of amides is 2.